The maximum absolute atomic E-state index is 13.9. The van der Waals surface area contributed by atoms with Crippen LogP contribution in [0.2, 0.25) is 10.0 Å². The molecule has 1 aliphatic carbocycles. The Kier molecular flexibility index (Phi) is 7.06. The summed E-state index contributed by atoms with van der Waals surface area (Å²) in [5, 5.41) is 1.13. The van der Waals surface area contributed by atoms with Crippen LogP contribution in [-0.4, -0.2) is 4.57 Å². The maximum atomic E-state index is 13.9. The Balaban J connectivity index is 1.26. The molecule has 7 rings (SSSR count). The highest BCUT2D eigenvalue weighted by atomic mass is 35.5. The number of hydrogen-bond acceptors (Lipinski definition) is 4. The first-order valence-electron chi connectivity index (χ1n) is 13.5. The molecule has 0 radical (unpaired) electrons. The minimum absolute atomic E-state index is 0.115. The number of halogens is 3. The second-order valence-electron chi connectivity index (χ2n) is 10.3. The van der Waals surface area contributed by atoms with Crippen molar-refractivity contribution in [1.29, 1.82) is 0 Å². The molecule has 0 amide bonds. The Labute approximate surface area is 255 Å². The lowest BCUT2D eigenvalue weighted by Gasteiger charge is -2.30. The van der Waals surface area contributed by atoms with Crippen LogP contribution in [0, 0.1) is 5.82 Å². The quantitative estimate of drug-likeness (QED) is 0.208. The second-order valence-corrected chi connectivity index (χ2v) is 12.1. The number of aryl methyl sites for hydroxylation is 1. The molecule has 8 heteroatoms. The molecule has 1 aliphatic heterocycles. The van der Waals surface area contributed by atoms with Crippen LogP contribution < -0.4 is 19.6 Å². The number of aromatic nitrogens is 1. The van der Waals surface area contributed by atoms with Crippen molar-refractivity contribution in [3.05, 3.63) is 160 Å². The molecule has 0 fully saturated rings. The molecule has 2 heterocycles. The van der Waals surface area contributed by atoms with Crippen molar-refractivity contribution in [1.82, 2.24) is 4.57 Å². The van der Waals surface area contributed by atoms with Crippen molar-refractivity contribution >= 4 is 46.3 Å². The molecule has 0 N–H and O–H groups in total. The zero-order valence-corrected chi connectivity index (χ0v) is 24.5. The van der Waals surface area contributed by atoms with Gasteiger partial charge in [0.15, 0.2) is 4.80 Å². The average molecular weight is 614 g/mol. The lowest BCUT2D eigenvalue weighted by atomic mass is 9.83. The molecule has 0 spiro atoms. The van der Waals surface area contributed by atoms with E-state index in [4.69, 9.17) is 32.9 Å². The predicted molar refractivity (Wildman–Crippen MR) is 166 cm³/mol. The van der Waals surface area contributed by atoms with E-state index in [1.54, 1.807) is 28.8 Å². The zero-order valence-electron chi connectivity index (χ0n) is 22.2. The van der Waals surface area contributed by atoms with E-state index in [9.17, 15) is 9.18 Å². The number of thiazole rings is 1. The summed E-state index contributed by atoms with van der Waals surface area (Å²) in [6, 6.07) is 27.2. The van der Waals surface area contributed by atoms with Crippen LogP contribution in [0.4, 0.5) is 4.39 Å². The first kappa shape index (κ1) is 26.9. The van der Waals surface area contributed by atoms with Crippen molar-refractivity contribution < 1.29 is 9.13 Å². The highest BCUT2D eigenvalue weighted by molar-refractivity contribution is 7.07. The molecule has 2 aliphatic rings. The summed E-state index contributed by atoms with van der Waals surface area (Å²) in [5.41, 5.74) is 6.81. The topological polar surface area (TPSA) is 43.6 Å². The Morgan fingerprint density at radius 3 is 2.55 bits per heavy atom. The van der Waals surface area contributed by atoms with E-state index in [0.29, 0.717) is 31.7 Å². The Morgan fingerprint density at radius 1 is 0.976 bits per heavy atom. The van der Waals surface area contributed by atoms with Gasteiger partial charge < -0.3 is 4.74 Å². The third kappa shape index (κ3) is 5.00. The van der Waals surface area contributed by atoms with Gasteiger partial charge in [-0.25, -0.2) is 9.38 Å². The molecule has 5 aromatic rings. The minimum Gasteiger partial charge on any atom is -0.489 e. The smallest absolute Gasteiger partial charge is 0.271 e. The van der Waals surface area contributed by atoms with E-state index in [1.165, 1.54) is 29.0 Å². The van der Waals surface area contributed by atoms with Crippen LogP contribution >= 0.6 is 34.5 Å². The normalized spacial score (nSPS) is 16.0. The summed E-state index contributed by atoms with van der Waals surface area (Å²) >= 11 is 13.6. The lowest BCUT2D eigenvalue weighted by molar-refractivity contribution is 0.306. The van der Waals surface area contributed by atoms with Crippen LogP contribution in [0.3, 0.4) is 0 Å². The molecule has 0 bridgehead atoms. The number of ether oxygens (including phenoxy) is 1. The fourth-order valence-electron chi connectivity index (χ4n) is 5.58. The molecule has 42 heavy (non-hydrogen) atoms. The monoisotopic (exact) mass is 612 g/mol. The summed E-state index contributed by atoms with van der Waals surface area (Å²) < 4.78 is 22.1. The van der Waals surface area contributed by atoms with Gasteiger partial charge in [-0.05, 0) is 77.6 Å². The van der Waals surface area contributed by atoms with Gasteiger partial charge in [0.25, 0.3) is 5.56 Å². The van der Waals surface area contributed by atoms with Gasteiger partial charge >= 0.3 is 0 Å². The Bertz CT molecular complexity index is 2050. The lowest BCUT2D eigenvalue weighted by Crippen LogP contribution is -2.38. The molecule has 0 saturated carbocycles. The molecule has 4 aromatic carbocycles. The number of fused-ring (bicyclic) bond motifs is 3. The van der Waals surface area contributed by atoms with Crippen molar-refractivity contribution in [2.45, 2.75) is 25.5 Å². The second kappa shape index (κ2) is 11.0. The molecule has 4 nitrogen and oxygen atoms in total. The van der Waals surface area contributed by atoms with Gasteiger partial charge in [0.2, 0.25) is 0 Å². The zero-order chi connectivity index (χ0) is 28.8. The Hall–Kier alpha value is -3.97. The summed E-state index contributed by atoms with van der Waals surface area (Å²) in [4.78, 5) is 19.6. The number of rotatable bonds is 5. The molecule has 1 atom stereocenters. The van der Waals surface area contributed by atoms with Gasteiger partial charge in [-0.3, -0.25) is 9.36 Å². The summed E-state index contributed by atoms with van der Waals surface area (Å²) in [7, 11) is 0. The van der Waals surface area contributed by atoms with Gasteiger partial charge in [0, 0.05) is 21.2 Å². The molecule has 0 saturated heterocycles. The summed E-state index contributed by atoms with van der Waals surface area (Å²) in [5.74, 6) is 0.375. The van der Waals surface area contributed by atoms with Crippen molar-refractivity contribution in [2.24, 2.45) is 4.99 Å². The fourth-order valence-corrected chi connectivity index (χ4v) is 7.04. The first-order valence-corrected chi connectivity index (χ1v) is 15.1. The highest BCUT2D eigenvalue weighted by Crippen LogP contribution is 2.41. The standard InChI is InChI=1S/C34H23Cl2FN2O2S/c35-24-11-7-23(29(36)18-24)19-41-26-14-5-20(6-15-26)17-30-33(40)39-32(22-8-12-25(37)13-9-22)28-16-10-21-3-1-2-4-27(21)31(28)38-34(39)42-30/h1-9,11-15,17-18,32H,10,16,19H2/b30-17+/t32-/m1/s1. The van der Waals surface area contributed by atoms with Crippen molar-refractivity contribution in [2.75, 3.05) is 0 Å². The highest BCUT2D eigenvalue weighted by Gasteiger charge is 2.32. The Morgan fingerprint density at radius 2 is 1.76 bits per heavy atom. The van der Waals surface area contributed by atoms with E-state index in [0.717, 1.165) is 46.4 Å². The van der Waals surface area contributed by atoms with Gasteiger partial charge in [-0.15, -0.1) is 0 Å². The van der Waals surface area contributed by atoms with E-state index in [-0.39, 0.29) is 17.4 Å². The number of hydrogen-bond donors (Lipinski definition) is 0. The number of benzene rings is 4. The van der Waals surface area contributed by atoms with Gasteiger partial charge in [-0.2, -0.15) is 0 Å². The van der Waals surface area contributed by atoms with Gasteiger partial charge in [-0.1, -0.05) is 89.1 Å². The molecular weight excluding hydrogens is 590 g/mol. The summed E-state index contributed by atoms with van der Waals surface area (Å²) in [6.07, 6.45) is 3.53. The van der Waals surface area contributed by atoms with Gasteiger partial charge in [0.1, 0.15) is 18.2 Å². The minimum atomic E-state index is -0.345. The van der Waals surface area contributed by atoms with Crippen LogP contribution in [0.5, 0.6) is 5.75 Å². The van der Waals surface area contributed by atoms with Crippen LogP contribution in [0.1, 0.15) is 40.3 Å². The SMILES string of the molecule is O=c1/c(=C\c2ccc(OCc3ccc(Cl)cc3Cl)cc2)sc2n1[C@H](c1ccc(F)cc1)C1=C(N=2)c2ccccc2CC1. The van der Waals surface area contributed by atoms with E-state index in [2.05, 4.69) is 12.1 Å². The van der Waals surface area contributed by atoms with Crippen LogP contribution in [0.25, 0.3) is 11.8 Å². The number of nitrogens with zero attached hydrogens (tertiary/aromatic N) is 2. The maximum Gasteiger partial charge on any atom is 0.271 e. The average Bonchev–Trinajstić information content (AvgIpc) is 3.31. The molecule has 0 unspecified atom stereocenters. The van der Waals surface area contributed by atoms with E-state index < -0.39 is 0 Å². The molecular formula is C34H23Cl2FN2O2S. The van der Waals surface area contributed by atoms with Gasteiger partial charge in [0.05, 0.1) is 16.3 Å². The third-order valence-corrected chi connectivity index (χ3v) is 9.22. The molecule has 208 valence electrons. The third-order valence-electron chi connectivity index (χ3n) is 7.65. The largest absolute Gasteiger partial charge is 0.489 e. The van der Waals surface area contributed by atoms with Crippen LogP contribution in [-0.2, 0) is 13.0 Å². The number of allylic oxidation sites excluding steroid dienone is 1. The van der Waals surface area contributed by atoms with E-state index in [1.807, 2.05) is 48.5 Å². The fraction of sp³-hybridized carbons (Fsp3) is 0.118. The van der Waals surface area contributed by atoms with E-state index >= 15 is 0 Å². The van der Waals surface area contributed by atoms with Crippen molar-refractivity contribution in [3.8, 4) is 5.75 Å². The van der Waals surface area contributed by atoms with Crippen LogP contribution in [0.15, 0.2) is 106 Å². The summed E-state index contributed by atoms with van der Waals surface area (Å²) in [6.45, 7) is 0.311. The first-order chi connectivity index (χ1) is 20.4. The molecule has 1 aromatic heterocycles. The van der Waals surface area contributed by atoms with Crippen molar-refractivity contribution in [3.63, 3.8) is 0 Å². The predicted octanol–water partition coefficient (Wildman–Crippen LogP) is 7.34.